The second-order valence-corrected chi connectivity index (χ2v) is 6.14. The summed E-state index contributed by atoms with van der Waals surface area (Å²) in [4.78, 5) is 14.5. The lowest BCUT2D eigenvalue weighted by Gasteiger charge is -2.16. The number of benzene rings is 1. The fourth-order valence-corrected chi connectivity index (χ4v) is 2.66. The predicted octanol–water partition coefficient (Wildman–Crippen LogP) is 3.69. The average molecular weight is 358 g/mol. The predicted molar refractivity (Wildman–Crippen MR) is 80.4 cm³/mol. The Bertz CT molecular complexity index is 589. The molecule has 0 saturated heterocycles. The Morgan fingerprint density at radius 3 is 2.90 bits per heavy atom. The van der Waals surface area contributed by atoms with Crippen LogP contribution in [0.5, 0.6) is 5.75 Å². The van der Waals surface area contributed by atoms with Gasteiger partial charge in [-0.3, -0.25) is 4.79 Å². The van der Waals surface area contributed by atoms with Gasteiger partial charge in [-0.2, -0.15) is 0 Å². The van der Waals surface area contributed by atoms with Gasteiger partial charge >= 0.3 is 0 Å². The number of nitrogens with zero attached hydrogens (tertiary/aromatic N) is 1. The zero-order valence-electron chi connectivity index (χ0n) is 10.8. The molecule has 0 saturated carbocycles. The van der Waals surface area contributed by atoms with E-state index in [1.54, 1.807) is 29.4 Å². The standard InChI is InChI=1S/C14H13BrFNO2S/c1-17(8-11-3-2-6-20-11)14(18)9-19-13-5-4-10(15)7-12(13)16/h2-7H,8-9H2,1H3. The molecular weight excluding hydrogens is 345 g/mol. The first-order valence-corrected chi connectivity index (χ1v) is 7.57. The molecule has 106 valence electrons. The molecule has 20 heavy (non-hydrogen) atoms. The van der Waals surface area contributed by atoms with Crippen LogP contribution in [0.3, 0.4) is 0 Å². The Balaban J connectivity index is 1.88. The highest BCUT2D eigenvalue weighted by Crippen LogP contribution is 2.21. The summed E-state index contributed by atoms with van der Waals surface area (Å²) in [5.74, 6) is -0.611. The maximum absolute atomic E-state index is 13.5. The molecule has 0 aliphatic carbocycles. The van der Waals surface area contributed by atoms with Crippen molar-refractivity contribution in [1.82, 2.24) is 4.90 Å². The van der Waals surface area contributed by atoms with Gasteiger partial charge in [-0.05, 0) is 29.6 Å². The maximum Gasteiger partial charge on any atom is 0.260 e. The van der Waals surface area contributed by atoms with Gasteiger partial charge in [0.05, 0.1) is 6.54 Å². The maximum atomic E-state index is 13.5. The molecule has 1 amide bonds. The van der Waals surface area contributed by atoms with Crippen molar-refractivity contribution in [2.75, 3.05) is 13.7 Å². The zero-order valence-corrected chi connectivity index (χ0v) is 13.2. The molecule has 0 radical (unpaired) electrons. The summed E-state index contributed by atoms with van der Waals surface area (Å²) in [7, 11) is 1.70. The number of likely N-dealkylation sites (N-methyl/N-ethyl adjacent to an activating group) is 1. The molecule has 0 aliphatic rings. The summed E-state index contributed by atoms with van der Waals surface area (Å²) in [6.07, 6.45) is 0. The van der Waals surface area contributed by atoms with Gasteiger partial charge in [0, 0.05) is 16.4 Å². The topological polar surface area (TPSA) is 29.5 Å². The van der Waals surface area contributed by atoms with E-state index >= 15 is 0 Å². The minimum atomic E-state index is -0.493. The molecule has 0 spiro atoms. The van der Waals surface area contributed by atoms with Crippen molar-refractivity contribution in [3.63, 3.8) is 0 Å². The van der Waals surface area contributed by atoms with E-state index < -0.39 is 5.82 Å². The number of thiophene rings is 1. The van der Waals surface area contributed by atoms with E-state index in [0.717, 1.165) is 4.88 Å². The van der Waals surface area contributed by atoms with Gasteiger partial charge in [0.1, 0.15) is 0 Å². The van der Waals surface area contributed by atoms with E-state index in [0.29, 0.717) is 11.0 Å². The number of hydrogen-bond donors (Lipinski definition) is 0. The van der Waals surface area contributed by atoms with E-state index in [1.807, 2.05) is 17.5 Å². The van der Waals surface area contributed by atoms with Crippen LogP contribution in [0.1, 0.15) is 4.88 Å². The van der Waals surface area contributed by atoms with Crippen LogP contribution >= 0.6 is 27.3 Å². The molecule has 1 heterocycles. The second kappa shape index (κ2) is 6.85. The van der Waals surface area contributed by atoms with E-state index in [1.165, 1.54) is 12.1 Å². The molecule has 3 nitrogen and oxygen atoms in total. The Hall–Kier alpha value is -1.40. The van der Waals surface area contributed by atoms with Crippen LogP contribution in [0.4, 0.5) is 4.39 Å². The van der Waals surface area contributed by atoms with Crippen molar-refractivity contribution in [3.8, 4) is 5.75 Å². The fourth-order valence-electron chi connectivity index (χ4n) is 1.57. The van der Waals surface area contributed by atoms with Crippen LogP contribution in [0.25, 0.3) is 0 Å². The molecule has 0 unspecified atom stereocenters. The molecule has 2 aromatic rings. The van der Waals surface area contributed by atoms with E-state index in [4.69, 9.17) is 4.74 Å². The third-order valence-corrected chi connectivity index (χ3v) is 4.00. The highest BCUT2D eigenvalue weighted by atomic mass is 79.9. The number of hydrogen-bond acceptors (Lipinski definition) is 3. The van der Waals surface area contributed by atoms with Crippen LogP contribution in [0.15, 0.2) is 40.2 Å². The van der Waals surface area contributed by atoms with Gasteiger partial charge in [0.15, 0.2) is 18.2 Å². The quantitative estimate of drug-likeness (QED) is 0.816. The summed E-state index contributed by atoms with van der Waals surface area (Å²) in [6, 6.07) is 8.36. The Morgan fingerprint density at radius 2 is 2.25 bits per heavy atom. The van der Waals surface area contributed by atoms with E-state index in [9.17, 15) is 9.18 Å². The average Bonchev–Trinajstić information content (AvgIpc) is 2.90. The van der Waals surface area contributed by atoms with Crippen LogP contribution < -0.4 is 4.74 Å². The van der Waals surface area contributed by atoms with Gasteiger partial charge in [0.2, 0.25) is 0 Å². The van der Waals surface area contributed by atoms with E-state index in [-0.39, 0.29) is 18.3 Å². The lowest BCUT2D eigenvalue weighted by Crippen LogP contribution is -2.30. The van der Waals surface area contributed by atoms with Crippen molar-refractivity contribution < 1.29 is 13.9 Å². The SMILES string of the molecule is CN(Cc1cccs1)C(=O)COc1ccc(Br)cc1F. The van der Waals surface area contributed by atoms with Crippen LogP contribution in [0.2, 0.25) is 0 Å². The Kier molecular flexibility index (Phi) is 5.14. The van der Waals surface area contributed by atoms with Crippen LogP contribution in [-0.2, 0) is 11.3 Å². The van der Waals surface area contributed by atoms with Crippen molar-refractivity contribution in [1.29, 1.82) is 0 Å². The number of carbonyl (C=O) groups excluding carboxylic acids is 1. The highest BCUT2D eigenvalue weighted by Gasteiger charge is 2.12. The van der Waals surface area contributed by atoms with Crippen LogP contribution in [0, 0.1) is 5.82 Å². The molecule has 6 heteroatoms. The Morgan fingerprint density at radius 1 is 1.45 bits per heavy atom. The van der Waals surface area contributed by atoms with Gasteiger partial charge in [-0.25, -0.2) is 4.39 Å². The summed E-state index contributed by atoms with van der Waals surface area (Å²) in [6.45, 7) is 0.350. The lowest BCUT2D eigenvalue weighted by molar-refractivity contribution is -0.132. The summed E-state index contributed by atoms with van der Waals surface area (Å²) in [5, 5.41) is 1.96. The van der Waals surface area contributed by atoms with Gasteiger partial charge in [-0.15, -0.1) is 11.3 Å². The molecular formula is C14H13BrFNO2S. The largest absolute Gasteiger partial charge is 0.481 e. The van der Waals surface area contributed by atoms with E-state index in [2.05, 4.69) is 15.9 Å². The van der Waals surface area contributed by atoms with Crippen molar-refractivity contribution >= 4 is 33.2 Å². The molecule has 1 aromatic carbocycles. The number of amides is 1. The normalized spacial score (nSPS) is 10.3. The Labute approximate surface area is 129 Å². The number of rotatable bonds is 5. The molecule has 0 bridgehead atoms. The highest BCUT2D eigenvalue weighted by molar-refractivity contribution is 9.10. The summed E-state index contributed by atoms with van der Waals surface area (Å²) < 4.78 is 19.4. The number of ether oxygens (including phenoxy) is 1. The monoisotopic (exact) mass is 357 g/mol. The summed E-state index contributed by atoms with van der Waals surface area (Å²) in [5.41, 5.74) is 0. The molecule has 0 atom stereocenters. The molecule has 0 N–H and O–H groups in total. The van der Waals surface area contributed by atoms with Gasteiger partial charge < -0.3 is 9.64 Å². The molecule has 2 rings (SSSR count). The van der Waals surface area contributed by atoms with Gasteiger partial charge in [-0.1, -0.05) is 22.0 Å². The first-order valence-electron chi connectivity index (χ1n) is 5.90. The van der Waals surface area contributed by atoms with Crippen molar-refractivity contribution in [2.24, 2.45) is 0 Å². The minimum absolute atomic E-state index is 0.0751. The summed E-state index contributed by atoms with van der Waals surface area (Å²) >= 11 is 4.75. The van der Waals surface area contributed by atoms with Crippen LogP contribution in [-0.4, -0.2) is 24.5 Å². The fraction of sp³-hybridized carbons (Fsp3) is 0.214. The first-order chi connectivity index (χ1) is 9.56. The number of carbonyl (C=O) groups is 1. The zero-order chi connectivity index (χ0) is 14.5. The molecule has 1 aromatic heterocycles. The first kappa shape index (κ1) is 15.0. The van der Waals surface area contributed by atoms with Gasteiger partial charge in [0.25, 0.3) is 5.91 Å². The number of halogens is 2. The lowest BCUT2D eigenvalue weighted by atomic mass is 10.3. The molecule has 0 fully saturated rings. The third kappa shape index (κ3) is 4.05. The van der Waals surface area contributed by atoms with Crippen molar-refractivity contribution in [3.05, 3.63) is 50.9 Å². The van der Waals surface area contributed by atoms with Crippen molar-refractivity contribution in [2.45, 2.75) is 6.54 Å². The minimum Gasteiger partial charge on any atom is -0.481 e. The molecule has 0 aliphatic heterocycles. The smallest absolute Gasteiger partial charge is 0.260 e. The third-order valence-electron chi connectivity index (χ3n) is 2.64. The second-order valence-electron chi connectivity index (χ2n) is 4.19.